The standard InChI is InChI=1S/C20H18FN3O2/c1-4-15(12-25)22-13(2)24-18-8-6-5-7-16(18)20(23-24)14-9-10-19(26-3)17(21)11-14/h4-12H,1-3H3/b15-4-,22-13?. The van der Waals surface area contributed by atoms with E-state index in [-0.39, 0.29) is 5.75 Å². The number of fused-ring (bicyclic) bond motifs is 1. The second-order valence-electron chi connectivity index (χ2n) is 5.62. The van der Waals surface area contributed by atoms with Crippen molar-refractivity contribution in [2.45, 2.75) is 13.8 Å². The number of aldehydes is 1. The summed E-state index contributed by atoms with van der Waals surface area (Å²) in [5.74, 6) is 0.270. The molecule has 0 fully saturated rings. The summed E-state index contributed by atoms with van der Waals surface area (Å²) < 4.78 is 20.8. The van der Waals surface area contributed by atoms with Crippen LogP contribution in [0.3, 0.4) is 0 Å². The lowest BCUT2D eigenvalue weighted by Gasteiger charge is -2.04. The molecule has 1 aromatic heterocycles. The Morgan fingerprint density at radius 2 is 2.04 bits per heavy atom. The molecular formula is C20H18FN3O2. The maximum Gasteiger partial charge on any atom is 0.168 e. The monoisotopic (exact) mass is 351 g/mol. The third-order valence-electron chi connectivity index (χ3n) is 4.03. The summed E-state index contributed by atoms with van der Waals surface area (Å²) in [4.78, 5) is 15.3. The lowest BCUT2D eigenvalue weighted by atomic mass is 10.1. The number of benzene rings is 2. The maximum absolute atomic E-state index is 14.1. The highest BCUT2D eigenvalue weighted by molar-refractivity contribution is 6.00. The van der Waals surface area contributed by atoms with E-state index in [9.17, 15) is 9.18 Å². The molecule has 0 saturated heterocycles. The van der Waals surface area contributed by atoms with Crippen molar-refractivity contribution in [2.75, 3.05) is 7.11 Å². The summed E-state index contributed by atoms with van der Waals surface area (Å²) in [6.07, 6.45) is 2.32. The van der Waals surface area contributed by atoms with E-state index in [0.29, 0.717) is 29.1 Å². The number of carbonyl (C=O) groups is 1. The average molecular weight is 351 g/mol. The van der Waals surface area contributed by atoms with Gasteiger partial charge in [-0.15, -0.1) is 0 Å². The van der Waals surface area contributed by atoms with Gasteiger partial charge in [0.05, 0.1) is 12.6 Å². The minimum absolute atomic E-state index is 0.180. The van der Waals surface area contributed by atoms with Gasteiger partial charge >= 0.3 is 0 Å². The van der Waals surface area contributed by atoms with E-state index in [1.165, 1.54) is 13.2 Å². The minimum atomic E-state index is -0.453. The van der Waals surface area contributed by atoms with Gasteiger partial charge in [0.15, 0.2) is 17.9 Å². The van der Waals surface area contributed by atoms with Crippen molar-refractivity contribution in [3.05, 3.63) is 60.1 Å². The molecule has 3 rings (SSSR count). The number of carbonyl (C=O) groups excluding carboxylic acids is 1. The van der Waals surface area contributed by atoms with Crippen molar-refractivity contribution >= 4 is 23.0 Å². The third-order valence-corrected chi connectivity index (χ3v) is 4.03. The largest absolute Gasteiger partial charge is 0.494 e. The van der Waals surface area contributed by atoms with Crippen molar-refractivity contribution in [3.8, 4) is 17.0 Å². The smallest absolute Gasteiger partial charge is 0.168 e. The summed E-state index contributed by atoms with van der Waals surface area (Å²) in [5, 5.41) is 5.47. The first-order valence-corrected chi connectivity index (χ1v) is 8.08. The molecule has 1 heterocycles. The molecule has 0 radical (unpaired) electrons. The molecule has 2 aromatic carbocycles. The van der Waals surface area contributed by atoms with Crippen LogP contribution in [-0.2, 0) is 4.79 Å². The average Bonchev–Trinajstić information content (AvgIpc) is 3.05. The predicted molar refractivity (Wildman–Crippen MR) is 100 cm³/mol. The number of nitrogens with zero attached hydrogens (tertiary/aromatic N) is 3. The summed E-state index contributed by atoms with van der Waals surface area (Å²) in [7, 11) is 1.42. The number of rotatable bonds is 4. The van der Waals surface area contributed by atoms with E-state index < -0.39 is 5.82 Å². The van der Waals surface area contributed by atoms with Gasteiger partial charge in [0.1, 0.15) is 17.2 Å². The quantitative estimate of drug-likeness (QED) is 0.306. The number of aliphatic imine (C=N–C) groups is 1. The molecule has 0 spiro atoms. The molecule has 0 N–H and O–H groups in total. The molecule has 26 heavy (non-hydrogen) atoms. The van der Waals surface area contributed by atoms with Crippen LogP contribution in [0.2, 0.25) is 0 Å². The molecule has 132 valence electrons. The molecule has 0 bridgehead atoms. The molecule has 6 heteroatoms. The van der Waals surface area contributed by atoms with Crippen molar-refractivity contribution in [1.82, 2.24) is 9.78 Å². The summed E-state index contributed by atoms with van der Waals surface area (Å²) in [5.41, 5.74) is 2.40. The van der Waals surface area contributed by atoms with Crippen LogP contribution in [0.25, 0.3) is 22.2 Å². The summed E-state index contributed by atoms with van der Waals surface area (Å²) in [6.45, 7) is 3.51. The van der Waals surface area contributed by atoms with Crippen LogP contribution in [0.15, 0.2) is 59.2 Å². The molecule has 0 atom stereocenters. The van der Waals surface area contributed by atoms with Crippen LogP contribution in [0.5, 0.6) is 5.75 Å². The van der Waals surface area contributed by atoms with Gasteiger partial charge in [-0.25, -0.2) is 14.1 Å². The molecule has 0 aliphatic rings. The fraction of sp³-hybridized carbons (Fsp3) is 0.150. The summed E-state index contributed by atoms with van der Waals surface area (Å²) in [6, 6.07) is 12.3. The number of allylic oxidation sites excluding steroid dienone is 2. The van der Waals surface area contributed by atoms with Gasteiger partial charge < -0.3 is 4.74 Å². The maximum atomic E-state index is 14.1. The lowest BCUT2D eigenvalue weighted by molar-refractivity contribution is -0.104. The van der Waals surface area contributed by atoms with Crippen molar-refractivity contribution in [3.63, 3.8) is 0 Å². The Kier molecular flexibility index (Phi) is 4.93. The first-order valence-electron chi connectivity index (χ1n) is 8.08. The zero-order valence-electron chi connectivity index (χ0n) is 14.7. The summed E-state index contributed by atoms with van der Waals surface area (Å²) >= 11 is 0. The van der Waals surface area contributed by atoms with Crippen LogP contribution in [0, 0.1) is 5.82 Å². The Morgan fingerprint density at radius 1 is 1.27 bits per heavy atom. The van der Waals surface area contributed by atoms with Crippen LogP contribution in [0.1, 0.15) is 13.8 Å². The van der Waals surface area contributed by atoms with Crippen LogP contribution < -0.4 is 4.74 Å². The number of ether oxygens (including phenoxy) is 1. The molecule has 0 unspecified atom stereocenters. The van der Waals surface area contributed by atoms with Gasteiger partial charge in [0.2, 0.25) is 0 Å². The van der Waals surface area contributed by atoms with Gasteiger partial charge in [-0.2, -0.15) is 5.10 Å². The Bertz CT molecular complexity index is 1030. The van der Waals surface area contributed by atoms with E-state index in [1.54, 1.807) is 36.7 Å². The molecule has 0 saturated carbocycles. The molecule has 3 aromatic rings. The van der Waals surface area contributed by atoms with Gasteiger partial charge in [-0.1, -0.05) is 24.3 Å². The fourth-order valence-electron chi connectivity index (χ4n) is 2.73. The first-order chi connectivity index (χ1) is 12.6. The first kappa shape index (κ1) is 17.5. The highest BCUT2D eigenvalue weighted by Gasteiger charge is 2.15. The van der Waals surface area contributed by atoms with E-state index >= 15 is 0 Å². The SMILES string of the molecule is C/C=C(/C=O)N=C(C)n1nc(-c2ccc(OC)c(F)c2)c2ccccc21. The number of hydrogen-bond acceptors (Lipinski definition) is 4. The Hall–Kier alpha value is -3.28. The number of halogens is 1. The molecule has 0 amide bonds. The molecule has 0 aliphatic carbocycles. The number of hydrogen-bond donors (Lipinski definition) is 0. The van der Waals surface area contributed by atoms with E-state index in [1.807, 2.05) is 24.3 Å². The fourth-order valence-corrected chi connectivity index (χ4v) is 2.73. The third kappa shape index (κ3) is 3.13. The predicted octanol–water partition coefficient (Wildman–Crippen LogP) is 4.22. The number of aromatic nitrogens is 2. The van der Waals surface area contributed by atoms with Gasteiger partial charge in [0.25, 0.3) is 0 Å². The molecule has 0 aliphatic heterocycles. The van der Waals surface area contributed by atoms with Crippen molar-refractivity contribution in [1.29, 1.82) is 0 Å². The van der Waals surface area contributed by atoms with E-state index in [2.05, 4.69) is 10.1 Å². The van der Waals surface area contributed by atoms with E-state index in [4.69, 9.17) is 4.74 Å². The normalized spacial score (nSPS) is 12.5. The highest BCUT2D eigenvalue weighted by atomic mass is 19.1. The van der Waals surface area contributed by atoms with Gasteiger partial charge in [-0.3, -0.25) is 4.79 Å². The molecular weight excluding hydrogens is 333 g/mol. The van der Waals surface area contributed by atoms with Crippen LogP contribution in [-0.4, -0.2) is 29.0 Å². The van der Waals surface area contributed by atoms with Gasteiger partial charge in [0, 0.05) is 10.9 Å². The Morgan fingerprint density at radius 3 is 2.69 bits per heavy atom. The lowest BCUT2D eigenvalue weighted by Crippen LogP contribution is -2.10. The zero-order valence-corrected chi connectivity index (χ0v) is 14.7. The minimum Gasteiger partial charge on any atom is -0.494 e. The second-order valence-corrected chi connectivity index (χ2v) is 5.62. The second kappa shape index (κ2) is 7.31. The zero-order chi connectivity index (χ0) is 18.7. The topological polar surface area (TPSA) is 56.5 Å². The Balaban J connectivity index is 2.20. The van der Waals surface area contributed by atoms with Crippen molar-refractivity contribution in [2.24, 2.45) is 4.99 Å². The molecule has 5 nitrogen and oxygen atoms in total. The van der Waals surface area contributed by atoms with Gasteiger partial charge in [-0.05, 0) is 38.1 Å². The Labute approximate surface area is 150 Å². The number of para-hydroxylation sites is 1. The number of methoxy groups -OCH3 is 1. The van der Waals surface area contributed by atoms with Crippen molar-refractivity contribution < 1.29 is 13.9 Å². The van der Waals surface area contributed by atoms with Crippen LogP contribution >= 0.6 is 0 Å². The van der Waals surface area contributed by atoms with Crippen LogP contribution in [0.4, 0.5) is 4.39 Å². The van der Waals surface area contributed by atoms with E-state index in [0.717, 1.165) is 10.9 Å². The highest BCUT2D eigenvalue weighted by Crippen LogP contribution is 2.30.